The third-order valence-corrected chi connectivity index (χ3v) is 4.78. The molecular weight excluding hydrogens is 362 g/mol. The van der Waals surface area contributed by atoms with E-state index >= 15 is 0 Å². The summed E-state index contributed by atoms with van der Waals surface area (Å²) >= 11 is 6.00. The van der Waals surface area contributed by atoms with Gasteiger partial charge in [-0.25, -0.2) is 9.48 Å². The Labute approximate surface area is 162 Å². The first-order chi connectivity index (χ1) is 13.1. The minimum absolute atomic E-state index is 0.281. The highest BCUT2D eigenvalue weighted by Gasteiger charge is 2.23. The van der Waals surface area contributed by atoms with Crippen LogP contribution in [0.1, 0.15) is 12.8 Å². The first-order valence-electron chi connectivity index (χ1n) is 8.86. The first kappa shape index (κ1) is 17.4. The Balaban J connectivity index is 1.70. The van der Waals surface area contributed by atoms with Gasteiger partial charge in [0.25, 0.3) is 0 Å². The van der Waals surface area contributed by atoms with Gasteiger partial charge in [0, 0.05) is 17.1 Å². The van der Waals surface area contributed by atoms with Gasteiger partial charge in [0.2, 0.25) is 0 Å². The average Bonchev–Trinajstić information content (AvgIpc) is 3.46. The maximum atomic E-state index is 12.3. The highest BCUT2D eigenvalue weighted by atomic mass is 35.5. The van der Waals surface area contributed by atoms with Crippen LogP contribution in [0.4, 0.5) is 16.3 Å². The maximum absolute atomic E-state index is 12.3. The molecule has 0 bridgehead atoms. The van der Waals surface area contributed by atoms with Gasteiger partial charge in [-0.05, 0) is 43.0 Å². The van der Waals surface area contributed by atoms with E-state index in [1.165, 1.54) is 12.8 Å². The van der Waals surface area contributed by atoms with E-state index in [-0.39, 0.29) is 6.03 Å². The fourth-order valence-corrected chi connectivity index (χ4v) is 2.97. The van der Waals surface area contributed by atoms with Gasteiger partial charge >= 0.3 is 6.03 Å². The van der Waals surface area contributed by atoms with Gasteiger partial charge in [-0.1, -0.05) is 41.9 Å². The molecule has 0 aliphatic heterocycles. The van der Waals surface area contributed by atoms with E-state index in [4.69, 9.17) is 17.3 Å². The van der Waals surface area contributed by atoms with Crippen LogP contribution < -0.4 is 16.4 Å². The summed E-state index contributed by atoms with van der Waals surface area (Å²) < 4.78 is 1.63. The van der Waals surface area contributed by atoms with Crippen molar-refractivity contribution in [2.24, 2.45) is 5.92 Å². The monoisotopic (exact) mass is 381 g/mol. The average molecular weight is 382 g/mol. The summed E-state index contributed by atoms with van der Waals surface area (Å²) in [6.07, 6.45) is 2.34. The van der Waals surface area contributed by atoms with Crippen molar-refractivity contribution in [2.45, 2.75) is 12.8 Å². The molecule has 0 atom stereocenters. The lowest BCUT2D eigenvalue weighted by Gasteiger charge is -2.09. The Morgan fingerprint density at radius 1 is 1.15 bits per heavy atom. The minimum Gasteiger partial charge on any atom is -0.382 e. The summed E-state index contributed by atoms with van der Waals surface area (Å²) in [5, 5.41) is 11.0. The number of halogens is 1. The molecule has 1 heterocycles. The number of anilines is 2. The number of nitrogens with zero attached hydrogens (tertiary/aromatic N) is 2. The van der Waals surface area contributed by atoms with Crippen molar-refractivity contribution >= 4 is 29.1 Å². The zero-order chi connectivity index (χ0) is 18.8. The number of carbonyl (C=O) groups is 1. The molecule has 0 saturated heterocycles. The summed E-state index contributed by atoms with van der Waals surface area (Å²) in [7, 11) is 0. The van der Waals surface area contributed by atoms with Crippen LogP contribution in [0.15, 0.2) is 54.6 Å². The lowest BCUT2D eigenvalue weighted by Crippen LogP contribution is -2.30. The molecule has 138 valence electrons. The molecule has 7 heteroatoms. The Hall–Kier alpha value is -2.99. The van der Waals surface area contributed by atoms with Crippen LogP contribution in [0.25, 0.3) is 16.9 Å². The topological polar surface area (TPSA) is 85.0 Å². The Morgan fingerprint density at radius 3 is 2.52 bits per heavy atom. The van der Waals surface area contributed by atoms with Crippen molar-refractivity contribution in [1.29, 1.82) is 0 Å². The molecule has 0 spiro atoms. The fraction of sp³-hybridized carbons (Fsp3) is 0.200. The molecule has 1 aliphatic carbocycles. The van der Waals surface area contributed by atoms with Crippen molar-refractivity contribution in [1.82, 2.24) is 15.1 Å². The number of rotatable bonds is 5. The van der Waals surface area contributed by atoms with Crippen LogP contribution in [-0.2, 0) is 0 Å². The van der Waals surface area contributed by atoms with Gasteiger partial charge in [0.05, 0.1) is 5.69 Å². The highest BCUT2D eigenvalue weighted by molar-refractivity contribution is 6.30. The molecule has 4 rings (SSSR count). The first-order valence-corrected chi connectivity index (χ1v) is 9.24. The van der Waals surface area contributed by atoms with Crippen LogP contribution in [-0.4, -0.2) is 22.4 Å². The van der Waals surface area contributed by atoms with Crippen LogP contribution in [0.5, 0.6) is 0 Å². The highest BCUT2D eigenvalue weighted by Crippen LogP contribution is 2.34. The number of carbonyl (C=O) groups excluding carboxylic acids is 1. The number of para-hydroxylation sites is 1. The molecule has 2 amide bonds. The summed E-state index contributed by atoms with van der Waals surface area (Å²) in [6, 6.07) is 16.6. The second-order valence-electron chi connectivity index (χ2n) is 6.64. The quantitative estimate of drug-likeness (QED) is 0.615. The number of amides is 2. The summed E-state index contributed by atoms with van der Waals surface area (Å²) in [4.78, 5) is 12.3. The van der Waals surface area contributed by atoms with Crippen molar-refractivity contribution in [3.8, 4) is 16.9 Å². The number of urea groups is 1. The molecule has 1 fully saturated rings. The zero-order valence-electron chi connectivity index (χ0n) is 14.7. The number of benzene rings is 2. The van der Waals surface area contributed by atoms with Crippen molar-refractivity contribution in [3.05, 3.63) is 59.6 Å². The van der Waals surface area contributed by atoms with Crippen molar-refractivity contribution in [2.75, 3.05) is 17.6 Å². The van der Waals surface area contributed by atoms with Gasteiger partial charge in [0.1, 0.15) is 11.4 Å². The fourth-order valence-electron chi connectivity index (χ4n) is 2.85. The molecule has 0 unspecified atom stereocenters. The normalized spacial score (nSPS) is 13.4. The molecule has 3 aromatic rings. The van der Waals surface area contributed by atoms with E-state index in [2.05, 4.69) is 15.7 Å². The van der Waals surface area contributed by atoms with Crippen LogP contribution >= 0.6 is 11.6 Å². The predicted molar refractivity (Wildman–Crippen MR) is 108 cm³/mol. The van der Waals surface area contributed by atoms with E-state index in [0.717, 1.165) is 11.3 Å². The van der Waals surface area contributed by atoms with Gasteiger partial charge in [-0.2, -0.15) is 5.10 Å². The molecule has 2 aromatic carbocycles. The molecule has 1 aromatic heterocycles. The number of aromatic nitrogens is 2. The lowest BCUT2D eigenvalue weighted by atomic mass is 10.1. The third-order valence-electron chi connectivity index (χ3n) is 4.53. The van der Waals surface area contributed by atoms with Gasteiger partial charge < -0.3 is 16.4 Å². The largest absolute Gasteiger partial charge is 0.382 e. The zero-order valence-corrected chi connectivity index (χ0v) is 15.4. The summed E-state index contributed by atoms with van der Waals surface area (Å²) in [5.74, 6) is 0.962. The number of nitrogens with one attached hydrogen (secondary N) is 2. The minimum atomic E-state index is -0.281. The van der Waals surface area contributed by atoms with E-state index < -0.39 is 0 Å². The molecule has 6 nitrogen and oxygen atoms in total. The van der Waals surface area contributed by atoms with E-state index in [0.29, 0.717) is 34.7 Å². The number of nitrogens with two attached hydrogens (primary N) is 1. The van der Waals surface area contributed by atoms with Gasteiger partial charge in [0.15, 0.2) is 5.82 Å². The van der Waals surface area contributed by atoms with E-state index in [9.17, 15) is 4.79 Å². The Morgan fingerprint density at radius 2 is 1.85 bits per heavy atom. The van der Waals surface area contributed by atoms with E-state index in [1.807, 2.05) is 42.5 Å². The number of hydrogen-bond acceptors (Lipinski definition) is 3. The van der Waals surface area contributed by atoms with Crippen molar-refractivity contribution < 1.29 is 4.79 Å². The molecule has 27 heavy (non-hydrogen) atoms. The van der Waals surface area contributed by atoms with E-state index in [1.54, 1.807) is 16.8 Å². The Bertz CT molecular complexity index is 949. The third kappa shape index (κ3) is 3.90. The van der Waals surface area contributed by atoms with Crippen LogP contribution in [0.3, 0.4) is 0 Å². The molecule has 1 aliphatic rings. The van der Waals surface area contributed by atoms with Crippen LogP contribution in [0, 0.1) is 5.92 Å². The SMILES string of the molecule is Nc1c(NC(=O)NCC2CC2)c(-c2ccc(Cl)cc2)nn1-c1ccccc1. The number of hydrogen-bond donors (Lipinski definition) is 3. The van der Waals surface area contributed by atoms with Gasteiger partial charge in [-0.15, -0.1) is 0 Å². The smallest absolute Gasteiger partial charge is 0.319 e. The summed E-state index contributed by atoms with van der Waals surface area (Å²) in [5.41, 5.74) is 9.06. The standard InChI is InChI=1S/C20H20ClN5O/c21-15-10-8-14(9-11-15)17-18(24-20(27)23-12-13-6-7-13)19(22)26(25-17)16-4-2-1-3-5-16/h1-5,8-11,13H,6-7,12,22H2,(H2,23,24,27). The lowest BCUT2D eigenvalue weighted by molar-refractivity contribution is 0.251. The molecular formula is C20H20ClN5O. The second kappa shape index (κ2) is 7.32. The molecule has 4 N–H and O–H groups in total. The van der Waals surface area contributed by atoms with Crippen molar-refractivity contribution in [3.63, 3.8) is 0 Å². The maximum Gasteiger partial charge on any atom is 0.319 e. The summed E-state index contributed by atoms with van der Waals surface area (Å²) in [6.45, 7) is 0.675. The Kier molecular flexibility index (Phi) is 4.73. The second-order valence-corrected chi connectivity index (χ2v) is 7.08. The predicted octanol–water partition coefficient (Wildman–Crippen LogP) is 4.31. The van der Waals surface area contributed by atoms with Crippen LogP contribution in [0.2, 0.25) is 5.02 Å². The molecule has 1 saturated carbocycles. The number of nitrogen functional groups attached to an aromatic ring is 1. The molecule has 0 radical (unpaired) electrons. The van der Waals surface area contributed by atoms with Gasteiger partial charge in [-0.3, -0.25) is 0 Å².